The number of anilines is 3. The number of aryl methyl sites for hydroxylation is 1. The fourth-order valence-electron chi connectivity index (χ4n) is 4.84. The van der Waals surface area contributed by atoms with Gasteiger partial charge in [-0.2, -0.15) is 0 Å². The van der Waals surface area contributed by atoms with Gasteiger partial charge in [0.05, 0.1) is 23.7 Å². The van der Waals surface area contributed by atoms with E-state index in [1.807, 2.05) is 44.2 Å². The monoisotopic (exact) mass is 483 g/mol. The van der Waals surface area contributed by atoms with Crippen molar-refractivity contribution in [2.75, 3.05) is 34.9 Å². The molecule has 0 saturated carbocycles. The Morgan fingerprint density at radius 3 is 2.50 bits per heavy atom. The zero-order valence-electron chi connectivity index (χ0n) is 20.4. The molecule has 1 aliphatic rings. The number of hydrogen-bond acceptors (Lipinski definition) is 6. The molecule has 0 aliphatic carbocycles. The number of carbonyl (C=O) groups is 1. The van der Waals surface area contributed by atoms with Crippen molar-refractivity contribution in [3.63, 3.8) is 0 Å². The molecule has 1 fully saturated rings. The number of benzene rings is 3. The number of fused-ring (bicyclic) bond motifs is 1. The zero-order chi connectivity index (χ0) is 25.2. The van der Waals surface area contributed by atoms with Crippen molar-refractivity contribution < 1.29 is 14.3 Å². The number of hydrogen-bond donors (Lipinski definition) is 2. The number of carboxylic acids is 1. The van der Waals surface area contributed by atoms with Crippen LogP contribution in [0.5, 0.6) is 0 Å². The summed E-state index contributed by atoms with van der Waals surface area (Å²) in [5, 5.41) is 13.4. The van der Waals surface area contributed by atoms with Crippen molar-refractivity contribution in [3.8, 4) is 0 Å². The second-order valence-electron chi connectivity index (χ2n) is 9.25. The molecule has 0 amide bonds. The van der Waals surface area contributed by atoms with Crippen LogP contribution >= 0.6 is 0 Å². The minimum absolute atomic E-state index is 0.0915. The van der Waals surface area contributed by atoms with E-state index in [0.717, 1.165) is 36.3 Å². The van der Waals surface area contributed by atoms with Crippen LogP contribution < -0.4 is 20.5 Å². The highest BCUT2D eigenvalue weighted by molar-refractivity contribution is 5.94. The number of nitrogens with zero attached hydrogens (tertiary/aromatic N) is 2. The largest absolute Gasteiger partial charge is 0.478 e. The molecule has 184 valence electrons. The van der Waals surface area contributed by atoms with Gasteiger partial charge in [-0.15, -0.1) is 0 Å². The van der Waals surface area contributed by atoms with E-state index in [2.05, 4.69) is 27.2 Å². The Morgan fingerprint density at radius 1 is 1.00 bits per heavy atom. The van der Waals surface area contributed by atoms with Crippen LogP contribution in [0.25, 0.3) is 11.0 Å². The topological polar surface area (TPSA) is 86.0 Å². The fraction of sp³-hybridized carbons (Fsp3) is 0.241. The van der Waals surface area contributed by atoms with Gasteiger partial charge in [0.25, 0.3) is 0 Å². The number of aromatic carboxylic acids is 1. The van der Waals surface area contributed by atoms with Gasteiger partial charge in [-0.1, -0.05) is 36.4 Å². The first kappa shape index (κ1) is 23.5. The lowest BCUT2D eigenvalue weighted by Crippen LogP contribution is -2.45. The van der Waals surface area contributed by atoms with Crippen LogP contribution in [0.15, 0.2) is 82.0 Å². The number of para-hydroxylation sites is 2. The van der Waals surface area contributed by atoms with Crippen LogP contribution in [0.2, 0.25) is 0 Å². The molecule has 7 nitrogen and oxygen atoms in total. The first-order valence-electron chi connectivity index (χ1n) is 12.1. The van der Waals surface area contributed by atoms with Crippen molar-refractivity contribution >= 4 is 34.2 Å². The van der Waals surface area contributed by atoms with Crippen molar-refractivity contribution in [2.24, 2.45) is 0 Å². The summed E-state index contributed by atoms with van der Waals surface area (Å²) in [7, 11) is 0. The highest BCUT2D eigenvalue weighted by Gasteiger charge is 2.23. The maximum absolute atomic E-state index is 13.2. The summed E-state index contributed by atoms with van der Waals surface area (Å²) < 4.78 is 6.43. The third kappa shape index (κ3) is 4.64. The second-order valence-corrected chi connectivity index (χ2v) is 9.25. The van der Waals surface area contributed by atoms with Crippen LogP contribution in [0, 0.1) is 6.92 Å². The molecule has 7 heteroatoms. The minimum Gasteiger partial charge on any atom is -0.478 e. The van der Waals surface area contributed by atoms with E-state index in [-0.39, 0.29) is 17.0 Å². The molecule has 2 heterocycles. The molecule has 1 unspecified atom stereocenters. The summed E-state index contributed by atoms with van der Waals surface area (Å²) in [6.07, 6.45) is 0.946. The molecule has 1 aliphatic heterocycles. The molecule has 4 aromatic rings. The lowest BCUT2D eigenvalue weighted by Gasteiger charge is -2.37. The lowest BCUT2D eigenvalue weighted by molar-refractivity contribution is 0.0698. The van der Waals surface area contributed by atoms with Crippen molar-refractivity contribution in [1.29, 1.82) is 0 Å². The minimum atomic E-state index is -0.999. The first-order valence-corrected chi connectivity index (χ1v) is 12.1. The highest BCUT2D eigenvalue weighted by Crippen LogP contribution is 2.31. The number of rotatable bonds is 6. The average Bonchev–Trinajstić information content (AvgIpc) is 2.89. The van der Waals surface area contributed by atoms with Gasteiger partial charge < -0.3 is 24.6 Å². The molecular formula is C29H29N3O4. The lowest BCUT2D eigenvalue weighted by atomic mass is 10.0. The van der Waals surface area contributed by atoms with Gasteiger partial charge in [0.1, 0.15) is 5.58 Å². The third-order valence-electron chi connectivity index (χ3n) is 6.62. The second kappa shape index (κ2) is 9.77. The molecule has 2 N–H and O–H groups in total. The third-order valence-corrected chi connectivity index (χ3v) is 6.62. The summed E-state index contributed by atoms with van der Waals surface area (Å²) in [4.78, 5) is 29.3. The van der Waals surface area contributed by atoms with E-state index < -0.39 is 5.97 Å². The van der Waals surface area contributed by atoms with E-state index >= 15 is 0 Å². The van der Waals surface area contributed by atoms with Gasteiger partial charge in [-0.25, -0.2) is 4.79 Å². The van der Waals surface area contributed by atoms with E-state index in [4.69, 9.17) is 4.42 Å². The molecule has 36 heavy (non-hydrogen) atoms. The average molecular weight is 484 g/mol. The quantitative estimate of drug-likeness (QED) is 0.367. The molecule has 0 radical (unpaired) electrons. The predicted octanol–water partition coefficient (Wildman–Crippen LogP) is 5.65. The Kier molecular flexibility index (Phi) is 6.38. The van der Waals surface area contributed by atoms with Crippen LogP contribution in [-0.2, 0) is 0 Å². The summed E-state index contributed by atoms with van der Waals surface area (Å²) in [6, 6.07) is 22.1. The smallest absolute Gasteiger partial charge is 0.337 e. The Bertz CT molecular complexity index is 1460. The van der Waals surface area contributed by atoms with Gasteiger partial charge in [0.2, 0.25) is 5.88 Å². The molecule has 1 aromatic heterocycles. The Balaban J connectivity index is 1.52. The van der Waals surface area contributed by atoms with Crippen LogP contribution in [0.4, 0.5) is 17.3 Å². The van der Waals surface area contributed by atoms with Crippen molar-refractivity contribution in [2.45, 2.75) is 26.3 Å². The van der Waals surface area contributed by atoms with Gasteiger partial charge in [0, 0.05) is 36.1 Å². The van der Waals surface area contributed by atoms with E-state index in [1.165, 1.54) is 0 Å². The van der Waals surface area contributed by atoms with Crippen molar-refractivity contribution in [1.82, 2.24) is 0 Å². The Labute approximate surface area is 209 Å². The fourth-order valence-corrected chi connectivity index (χ4v) is 4.84. The van der Waals surface area contributed by atoms with E-state index in [9.17, 15) is 14.7 Å². The van der Waals surface area contributed by atoms with Crippen molar-refractivity contribution in [3.05, 3.63) is 99.7 Å². The number of carboxylic acid groups (broad SMARTS) is 1. The molecular weight excluding hydrogens is 454 g/mol. The zero-order valence-corrected chi connectivity index (χ0v) is 20.4. The molecule has 3 aromatic carbocycles. The first-order chi connectivity index (χ1) is 17.4. The molecule has 0 spiro atoms. The van der Waals surface area contributed by atoms with Gasteiger partial charge >= 0.3 is 5.97 Å². The summed E-state index contributed by atoms with van der Waals surface area (Å²) in [6.45, 7) is 6.24. The van der Waals surface area contributed by atoms with Gasteiger partial charge in [-0.3, -0.25) is 4.79 Å². The Morgan fingerprint density at radius 2 is 1.72 bits per heavy atom. The Hall–Kier alpha value is -4.26. The van der Waals surface area contributed by atoms with E-state index in [0.29, 0.717) is 29.2 Å². The standard InChI is InChI=1S/C29H29N3O4/c1-19-15-23(20(2)30-25-12-7-6-11-22(25)29(34)35)28-24(16-19)26(33)17-27(36-28)32-14-8-13-31(18-32)21-9-4-3-5-10-21/h3-7,9-12,15-17,20,30H,8,13-14,18H2,1-2H3,(H,34,35). The highest BCUT2D eigenvalue weighted by atomic mass is 16.4. The van der Waals surface area contributed by atoms with Gasteiger partial charge in [-0.05, 0) is 56.2 Å². The molecule has 1 atom stereocenters. The maximum atomic E-state index is 13.2. The predicted molar refractivity (Wildman–Crippen MR) is 143 cm³/mol. The summed E-state index contributed by atoms with van der Waals surface area (Å²) in [5.74, 6) is -0.461. The van der Waals surface area contributed by atoms with Crippen LogP contribution in [0.3, 0.4) is 0 Å². The SMILES string of the molecule is Cc1cc(C(C)Nc2ccccc2C(=O)O)c2oc(N3CCCN(c4ccccc4)C3)cc(=O)c2c1. The summed E-state index contributed by atoms with van der Waals surface area (Å²) in [5.41, 5.74) is 4.01. The number of nitrogens with one attached hydrogen (secondary N) is 1. The molecule has 0 bridgehead atoms. The molecule has 5 rings (SSSR count). The van der Waals surface area contributed by atoms with E-state index in [1.54, 1.807) is 30.3 Å². The summed E-state index contributed by atoms with van der Waals surface area (Å²) >= 11 is 0. The van der Waals surface area contributed by atoms with Gasteiger partial charge in [0.15, 0.2) is 5.43 Å². The molecule has 1 saturated heterocycles. The van der Waals surface area contributed by atoms with Crippen LogP contribution in [-0.4, -0.2) is 30.8 Å². The maximum Gasteiger partial charge on any atom is 0.337 e. The normalized spacial score (nSPS) is 14.6. The van der Waals surface area contributed by atoms with Crippen LogP contribution in [0.1, 0.15) is 40.9 Å².